The molecule has 2 saturated heterocycles. The molecule has 3 atom stereocenters. The predicted molar refractivity (Wildman–Crippen MR) is 57.6 cm³/mol. The van der Waals surface area contributed by atoms with Crippen LogP contribution in [0.1, 0.15) is 26.2 Å². The highest BCUT2D eigenvalue weighted by Gasteiger charge is 2.29. The number of carbonyl (C=O) groups excluding carboxylic acids is 1. The molecule has 0 radical (unpaired) electrons. The number of piperidine rings is 1. The van der Waals surface area contributed by atoms with Gasteiger partial charge in [-0.2, -0.15) is 0 Å². The summed E-state index contributed by atoms with van der Waals surface area (Å²) in [5.74, 6) is 0.245. The largest absolute Gasteiger partial charge is 0.378 e. The van der Waals surface area contributed by atoms with E-state index in [1.807, 2.05) is 6.92 Å². The molecule has 2 N–H and O–H groups in total. The molecule has 0 spiro atoms. The van der Waals surface area contributed by atoms with Gasteiger partial charge in [0.05, 0.1) is 18.6 Å². The maximum Gasteiger partial charge on any atom is 0.225 e. The highest BCUT2D eigenvalue weighted by molar-refractivity contribution is 5.79. The summed E-state index contributed by atoms with van der Waals surface area (Å²) in [7, 11) is 0. The molecule has 2 aliphatic heterocycles. The van der Waals surface area contributed by atoms with E-state index in [1.54, 1.807) is 0 Å². The highest BCUT2D eigenvalue weighted by Crippen LogP contribution is 2.19. The van der Waals surface area contributed by atoms with Crippen molar-refractivity contribution < 1.29 is 9.53 Å². The summed E-state index contributed by atoms with van der Waals surface area (Å²) in [6, 6.07) is 0.321. The Balaban J connectivity index is 1.76. The molecule has 3 unspecified atom stereocenters. The molecular weight excluding hydrogens is 192 g/mol. The van der Waals surface area contributed by atoms with Gasteiger partial charge in [0, 0.05) is 12.6 Å². The average molecular weight is 212 g/mol. The minimum absolute atomic E-state index is 0.0712. The van der Waals surface area contributed by atoms with Gasteiger partial charge in [0.2, 0.25) is 5.91 Å². The molecule has 0 bridgehead atoms. The number of hydrogen-bond donors (Lipinski definition) is 2. The van der Waals surface area contributed by atoms with Crippen molar-refractivity contribution in [3.63, 3.8) is 0 Å². The Morgan fingerprint density at radius 1 is 1.53 bits per heavy atom. The molecule has 2 aliphatic rings. The smallest absolute Gasteiger partial charge is 0.225 e. The standard InChI is InChI=1S/C11H20N2O2/c1-8-5-9(7-15-8)11(14)13-10-3-2-4-12-6-10/h8-10,12H,2-7H2,1H3,(H,13,14). The van der Waals surface area contributed by atoms with E-state index < -0.39 is 0 Å². The minimum atomic E-state index is 0.0712. The molecule has 0 aliphatic carbocycles. The lowest BCUT2D eigenvalue weighted by Gasteiger charge is -2.24. The number of carbonyl (C=O) groups is 1. The molecule has 2 fully saturated rings. The molecule has 2 heterocycles. The summed E-state index contributed by atoms with van der Waals surface area (Å²) in [5, 5.41) is 6.39. The van der Waals surface area contributed by atoms with Crippen LogP contribution in [0, 0.1) is 5.92 Å². The Labute approximate surface area is 90.8 Å². The zero-order valence-electron chi connectivity index (χ0n) is 9.29. The van der Waals surface area contributed by atoms with Crippen molar-refractivity contribution in [2.75, 3.05) is 19.7 Å². The van der Waals surface area contributed by atoms with Crippen LogP contribution < -0.4 is 10.6 Å². The van der Waals surface area contributed by atoms with E-state index in [1.165, 1.54) is 0 Å². The first-order chi connectivity index (χ1) is 7.25. The maximum atomic E-state index is 11.8. The average Bonchev–Trinajstić information content (AvgIpc) is 2.66. The second kappa shape index (κ2) is 4.94. The number of rotatable bonds is 2. The predicted octanol–water partition coefficient (Wildman–Crippen LogP) is 0.280. The van der Waals surface area contributed by atoms with E-state index in [-0.39, 0.29) is 17.9 Å². The molecule has 0 aromatic carbocycles. The van der Waals surface area contributed by atoms with Crippen molar-refractivity contribution in [1.29, 1.82) is 0 Å². The van der Waals surface area contributed by atoms with Gasteiger partial charge in [-0.25, -0.2) is 0 Å². The van der Waals surface area contributed by atoms with Crippen LogP contribution in [0.25, 0.3) is 0 Å². The molecule has 0 aromatic rings. The lowest BCUT2D eigenvalue weighted by molar-refractivity contribution is -0.125. The van der Waals surface area contributed by atoms with Crippen molar-refractivity contribution in [3.05, 3.63) is 0 Å². The van der Waals surface area contributed by atoms with Gasteiger partial charge in [-0.15, -0.1) is 0 Å². The first kappa shape index (κ1) is 10.9. The van der Waals surface area contributed by atoms with Crippen LogP contribution in [0.4, 0.5) is 0 Å². The van der Waals surface area contributed by atoms with Crippen molar-refractivity contribution >= 4 is 5.91 Å². The Morgan fingerprint density at radius 3 is 3.00 bits per heavy atom. The van der Waals surface area contributed by atoms with Gasteiger partial charge in [0.1, 0.15) is 0 Å². The first-order valence-electron chi connectivity index (χ1n) is 5.88. The Morgan fingerprint density at radius 2 is 2.40 bits per heavy atom. The van der Waals surface area contributed by atoms with Crippen LogP contribution >= 0.6 is 0 Å². The Bertz CT molecular complexity index is 227. The monoisotopic (exact) mass is 212 g/mol. The first-order valence-corrected chi connectivity index (χ1v) is 5.88. The van der Waals surface area contributed by atoms with Crippen molar-refractivity contribution in [2.24, 2.45) is 5.92 Å². The third-order valence-corrected chi connectivity index (χ3v) is 3.21. The molecule has 4 heteroatoms. The Hall–Kier alpha value is -0.610. The zero-order chi connectivity index (χ0) is 10.7. The van der Waals surface area contributed by atoms with Gasteiger partial charge in [-0.05, 0) is 32.7 Å². The van der Waals surface area contributed by atoms with E-state index in [0.29, 0.717) is 12.6 Å². The number of nitrogens with one attached hydrogen (secondary N) is 2. The van der Waals surface area contributed by atoms with Gasteiger partial charge < -0.3 is 15.4 Å². The fourth-order valence-electron chi connectivity index (χ4n) is 2.29. The highest BCUT2D eigenvalue weighted by atomic mass is 16.5. The van der Waals surface area contributed by atoms with E-state index in [2.05, 4.69) is 10.6 Å². The molecule has 2 rings (SSSR count). The van der Waals surface area contributed by atoms with E-state index in [0.717, 1.165) is 32.4 Å². The van der Waals surface area contributed by atoms with Crippen LogP contribution in [0.2, 0.25) is 0 Å². The molecule has 0 aromatic heterocycles. The lowest BCUT2D eigenvalue weighted by atomic mass is 10.0. The number of amides is 1. The summed E-state index contributed by atoms with van der Waals surface area (Å²) >= 11 is 0. The molecule has 15 heavy (non-hydrogen) atoms. The normalized spacial score (nSPS) is 36.5. The third kappa shape index (κ3) is 2.92. The summed E-state index contributed by atoms with van der Waals surface area (Å²) in [6.45, 7) is 4.60. The van der Waals surface area contributed by atoms with E-state index in [4.69, 9.17) is 4.74 Å². The molecule has 1 amide bonds. The molecule has 4 nitrogen and oxygen atoms in total. The number of hydrogen-bond acceptors (Lipinski definition) is 3. The fraction of sp³-hybridized carbons (Fsp3) is 0.909. The third-order valence-electron chi connectivity index (χ3n) is 3.21. The van der Waals surface area contributed by atoms with E-state index >= 15 is 0 Å². The van der Waals surface area contributed by atoms with Gasteiger partial charge in [0.15, 0.2) is 0 Å². The molecular formula is C11H20N2O2. The maximum absolute atomic E-state index is 11.8. The van der Waals surface area contributed by atoms with Gasteiger partial charge >= 0.3 is 0 Å². The Kier molecular flexibility index (Phi) is 3.59. The summed E-state index contributed by atoms with van der Waals surface area (Å²) < 4.78 is 5.40. The van der Waals surface area contributed by atoms with Crippen LogP contribution in [0.5, 0.6) is 0 Å². The van der Waals surface area contributed by atoms with Crippen LogP contribution in [-0.2, 0) is 9.53 Å². The topological polar surface area (TPSA) is 50.4 Å². The van der Waals surface area contributed by atoms with Crippen molar-refractivity contribution in [2.45, 2.75) is 38.3 Å². The summed E-state index contributed by atoms with van der Waals surface area (Å²) in [4.78, 5) is 11.8. The van der Waals surface area contributed by atoms with E-state index in [9.17, 15) is 4.79 Å². The van der Waals surface area contributed by atoms with Crippen molar-refractivity contribution in [1.82, 2.24) is 10.6 Å². The van der Waals surface area contributed by atoms with Gasteiger partial charge in [0.25, 0.3) is 0 Å². The number of ether oxygens (including phenoxy) is 1. The van der Waals surface area contributed by atoms with Gasteiger partial charge in [-0.3, -0.25) is 4.79 Å². The SMILES string of the molecule is CC1CC(C(=O)NC2CCCNC2)CO1. The summed E-state index contributed by atoms with van der Waals surface area (Å²) in [6.07, 6.45) is 3.36. The van der Waals surface area contributed by atoms with Gasteiger partial charge in [-0.1, -0.05) is 0 Å². The fourth-order valence-corrected chi connectivity index (χ4v) is 2.29. The zero-order valence-corrected chi connectivity index (χ0v) is 9.29. The minimum Gasteiger partial charge on any atom is -0.378 e. The van der Waals surface area contributed by atoms with Crippen LogP contribution in [0.3, 0.4) is 0 Å². The molecule has 0 saturated carbocycles. The quantitative estimate of drug-likeness (QED) is 0.691. The van der Waals surface area contributed by atoms with Crippen molar-refractivity contribution in [3.8, 4) is 0 Å². The second-order valence-electron chi connectivity index (χ2n) is 4.63. The van der Waals surface area contributed by atoms with Crippen LogP contribution in [-0.4, -0.2) is 37.7 Å². The summed E-state index contributed by atoms with van der Waals surface area (Å²) in [5.41, 5.74) is 0. The lowest BCUT2D eigenvalue weighted by Crippen LogP contribution is -2.47. The second-order valence-corrected chi connectivity index (χ2v) is 4.63. The van der Waals surface area contributed by atoms with Crippen LogP contribution in [0.15, 0.2) is 0 Å². The molecule has 86 valence electrons.